The highest BCUT2D eigenvalue weighted by Crippen LogP contribution is 2.28. The van der Waals surface area contributed by atoms with Crippen molar-refractivity contribution in [3.8, 4) is 0 Å². The number of carbonyl (C=O) groups excluding carboxylic acids is 1. The summed E-state index contributed by atoms with van der Waals surface area (Å²) in [6.45, 7) is 1.38. The smallest absolute Gasteiger partial charge is 0.222 e. The lowest BCUT2D eigenvalue weighted by atomic mass is 9.86. The summed E-state index contributed by atoms with van der Waals surface area (Å²) >= 11 is 0. The average molecular weight is 282 g/mol. The lowest BCUT2D eigenvalue weighted by Gasteiger charge is -2.28. The third-order valence-corrected chi connectivity index (χ3v) is 4.78. The molecule has 2 aliphatic rings. The molecule has 0 aromatic carbocycles. The predicted octanol–water partition coefficient (Wildman–Crippen LogP) is 1.87. The minimum absolute atomic E-state index is 0.193. The molecular weight excluding hydrogens is 252 g/mol. The Morgan fingerprint density at radius 3 is 2.60 bits per heavy atom. The summed E-state index contributed by atoms with van der Waals surface area (Å²) in [6.07, 6.45) is 8.75. The number of carbonyl (C=O) groups is 1. The van der Waals surface area contributed by atoms with Crippen LogP contribution in [0, 0.1) is 5.92 Å². The molecule has 1 aliphatic heterocycles. The summed E-state index contributed by atoms with van der Waals surface area (Å²) in [4.78, 5) is 16.4. The van der Waals surface area contributed by atoms with E-state index in [0.29, 0.717) is 13.0 Å². The zero-order valence-electron chi connectivity index (χ0n) is 13.1. The van der Waals surface area contributed by atoms with Crippen molar-refractivity contribution >= 4 is 5.91 Å². The van der Waals surface area contributed by atoms with Crippen LogP contribution in [0.3, 0.4) is 0 Å². The molecular formula is C16H30N2O2. The van der Waals surface area contributed by atoms with Crippen molar-refractivity contribution < 1.29 is 9.90 Å². The van der Waals surface area contributed by atoms with Gasteiger partial charge < -0.3 is 14.9 Å². The van der Waals surface area contributed by atoms with Gasteiger partial charge in [0.15, 0.2) is 0 Å². The molecule has 0 aromatic rings. The lowest BCUT2D eigenvalue weighted by molar-refractivity contribution is -0.132. The summed E-state index contributed by atoms with van der Waals surface area (Å²) in [5.74, 6) is 1.01. The van der Waals surface area contributed by atoms with Gasteiger partial charge in [-0.3, -0.25) is 4.79 Å². The molecule has 0 radical (unpaired) electrons. The zero-order valence-corrected chi connectivity index (χ0v) is 13.1. The van der Waals surface area contributed by atoms with E-state index in [-0.39, 0.29) is 18.1 Å². The Bertz CT molecular complexity index is 314. The minimum atomic E-state index is -0.335. The van der Waals surface area contributed by atoms with E-state index in [1.807, 2.05) is 19.0 Å². The lowest BCUT2D eigenvalue weighted by Crippen LogP contribution is -2.41. The number of aliphatic hydroxyl groups is 1. The van der Waals surface area contributed by atoms with E-state index in [1.165, 1.54) is 32.1 Å². The first-order chi connectivity index (χ1) is 9.56. The fraction of sp³-hybridized carbons (Fsp3) is 0.938. The van der Waals surface area contributed by atoms with Gasteiger partial charge >= 0.3 is 0 Å². The summed E-state index contributed by atoms with van der Waals surface area (Å²) in [5.41, 5.74) is 0. The van der Waals surface area contributed by atoms with Crippen molar-refractivity contribution in [1.82, 2.24) is 9.80 Å². The van der Waals surface area contributed by atoms with Crippen LogP contribution in [0.4, 0.5) is 0 Å². The third kappa shape index (κ3) is 4.45. The molecule has 1 saturated carbocycles. The molecule has 0 bridgehead atoms. The number of rotatable bonds is 5. The summed E-state index contributed by atoms with van der Waals surface area (Å²) < 4.78 is 0. The molecule has 2 rings (SSSR count). The van der Waals surface area contributed by atoms with E-state index in [9.17, 15) is 9.90 Å². The number of β-amino-alcohol motifs (C(OH)–C–C–N with tert-alkyl or cyclic N) is 1. The van der Waals surface area contributed by atoms with Gasteiger partial charge in [0.2, 0.25) is 5.91 Å². The maximum atomic E-state index is 12.4. The van der Waals surface area contributed by atoms with Crippen LogP contribution in [-0.4, -0.2) is 60.1 Å². The van der Waals surface area contributed by atoms with Gasteiger partial charge in [0.25, 0.3) is 0 Å². The Labute approximate surface area is 123 Å². The predicted molar refractivity (Wildman–Crippen MR) is 80.5 cm³/mol. The molecule has 1 N–H and O–H groups in total. The van der Waals surface area contributed by atoms with Crippen LogP contribution in [0.15, 0.2) is 0 Å². The molecule has 1 amide bonds. The summed E-state index contributed by atoms with van der Waals surface area (Å²) in [7, 11) is 4.05. The fourth-order valence-electron chi connectivity index (χ4n) is 3.74. The van der Waals surface area contributed by atoms with Crippen molar-refractivity contribution in [2.24, 2.45) is 5.92 Å². The largest absolute Gasteiger partial charge is 0.391 e. The van der Waals surface area contributed by atoms with Gasteiger partial charge in [0.1, 0.15) is 0 Å². The van der Waals surface area contributed by atoms with E-state index in [2.05, 4.69) is 4.90 Å². The van der Waals surface area contributed by atoms with Gasteiger partial charge in [-0.1, -0.05) is 32.1 Å². The van der Waals surface area contributed by atoms with E-state index in [0.717, 1.165) is 25.3 Å². The van der Waals surface area contributed by atoms with Gasteiger partial charge in [-0.15, -0.1) is 0 Å². The molecule has 0 aromatic heterocycles. The van der Waals surface area contributed by atoms with Gasteiger partial charge in [-0.05, 0) is 32.9 Å². The monoisotopic (exact) mass is 282 g/mol. The number of likely N-dealkylation sites (N-methyl/N-ethyl adjacent to an activating group) is 1. The van der Waals surface area contributed by atoms with Gasteiger partial charge in [-0.2, -0.15) is 0 Å². The van der Waals surface area contributed by atoms with Crippen LogP contribution < -0.4 is 0 Å². The highest BCUT2D eigenvalue weighted by Gasteiger charge is 2.34. The molecule has 20 heavy (non-hydrogen) atoms. The SMILES string of the molecule is CN(C)CC1CC(O)CN1C(=O)CCC1CCCCC1. The van der Waals surface area contributed by atoms with Crippen LogP contribution in [0.1, 0.15) is 51.4 Å². The maximum absolute atomic E-state index is 12.4. The molecule has 1 heterocycles. The first-order valence-electron chi connectivity index (χ1n) is 8.18. The number of likely N-dealkylation sites (tertiary alicyclic amines) is 1. The molecule has 1 saturated heterocycles. The van der Waals surface area contributed by atoms with Crippen molar-refractivity contribution in [1.29, 1.82) is 0 Å². The Morgan fingerprint density at radius 2 is 1.95 bits per heavy atom. The molecule has 2 atom stereocenters. The molecule has 4 heteroatoms. The highest BCUT2D eigenvalue weighted by atomic mass is 16.3. The first-order valence-corrected chi connectivity index (χ1v) is 8.18. The summed E-state index contributed by atoms with van der Waals surface area (Å²) in [5, 5.41) is 9.84. The highest BCUT2D eigenvalue weighted by molar-refractivity contribution is 5.77. The normalized spacial score (nSPS) is 28.3. The van der Waals surface area contributed by atoms with Gasteiger partial charge in [0.05, 0.1) is 6.10 Å². The molecule has 2 fully saturated rings. The van der Waals surface area contributed by atoms with Crippen LogP contribution in [0.5, 0.6) is 0 Å². The molecule has 1 aliphatic carbocycles. The topological polar surface area (TPSA) is 43.8 Å². The second-order valence-electron chi connectivity index (χ2n) is 6.89. The number of amides is 1. The average Bonchev–Trinajstić information content (AvgIpc) is 2.77. The molecule has 4 nitrogen and oxygen atoms in total. The minimum Gasteiger partial charge on any atom is -0.391 e. The Kier molecular flexibility index (Phi) is 5.85. The quantitative estimate of drug-likeness (QED) is 0.837. The van der Waals surface area contributed by atoms with E-state index >= 15 is 0 Å². The number of hydrogen-bond acceptors (Lipinski definition) is 3. The van der Waals surface area contributed by atoms with Crippen LogP contribution >= 0.6 is 0 Å². The second-order valence-corrected chi connectivity index (χ2v) is 6.89. The van der Waals surface area contributed by atoms with E-state index < -0.39 is 0 Å². The third-order valence-electron chi connectivity index (χ3n) is 4.78. The van der Waals surface area contributed by atoms with Gasteiger partial charge in [0, 0.05) is 25.6 Å². The number of nitrogens with zero attached hydrogens (tertiary/aromatic N) is 2. The first kappa shape index (κ1) is 15.8. The Balaban J connectivity index is 1.80. The van der Waals surface area contributed by atoms with Crippen molar-refractivity contribution in [2.45, 2.75) is 63.5 Å². The second kappa shape index (κ2) is 7.41. The zero-order chi connectivity index (χ0) is 14.5. The van der Waals surface area contributed by atoms with Crippen LogP contribution in [0.2, 0.25) is 0 Å². The van der Waals surface area contributed by atoms with Crippen molar-refractivity contribution in [3.63, 3.8) is 0 Å². The van der Waals surface area contributed by atoms with Crippen molar-refractivity contribution in [3.05, 3.63) is 0 Å². The Morgan fingerprint density at radius 1 is 1.25 bits per heavy atom. The van der Waals surface area contributed by atoms with Gasteiger partial charge in [-0.25, -0.2) is 0 Å². The number of aliphatic hydroxyl groups excluding tert-OH is 1. The fourth-order valence-corrected chi connectivity index (χ4v) is 3.74. The maximum Gasteiger partial charge on any atom is 0.222 e. The molecule has 116 valence electrons. The van der Waals surface area contributed by atoms with Crippen LogP contribution in [0.25, 0.3) is 0 Å². The standard InChI is InChI=1S/C16H30N2O2/c1-17(2)11-14-10-15(19)12-18(14)16(20)9-8-13-6-4-3-5-7-13/h13-15,19H,3-12H2,1-2H3. The van der Waals surface area contributed by atoms with E-state index in [4.69, 9.17) is 0 Å². The number of hydrogen-bond donors (Lipinski definition) is 1. The van der Waals surface area contributed by atoms with Crippen molar-refractivity contribution in [2.75, 3.05) is 27.2 Å². The molecule has 2 unspecified atom stereocenters. The van der Waals surface area contributed by atoms with E-state index in [1.54, 1.807) is 0 Å². The van der Waals surface area contributed by atoms with Crippen LogP contribution in [-0.2, 0) is 4.79 Å². The molecule has 0 spiro atoms. The Hall–Kier alpha value is -0.610. The summed E-state index contributed by atoms with van der Waals surface area (Å²) in [6, 6.07) is 0.193.